The topological polar surface area (TPSA) is 96.8 Å². The third kappa shape index (κ3) is 3.88. The Labute approximate surface area is 190 Å². The fourth-order valence-electron chi connectivity index (χ4n) is 4.60. The van der Waals surface area contributed by atoms with Crippen LogP contribution in [0.3, 0.4) is 0 Å². The highest BCUT2D eigenvalue weighted by molar-refractivity contribution is 6.07. The van der Waals surface area contributed by atoms with Gasteiger partial charge in [-0.05, 0) is 37.5 Å². The zero-order valence-electron chi connectivity index (χ0n) is 18.4. The first-order valence-electron chi connectivity index (χ1n) is 11.2. The number of carbonyl (C=O) groups excluding carboxylic acids is 3. The van der Waals surface area contributed by atoms with Crippen LogP contribution < -0.4 is 5.32 Å². The van der Waals surface area contributed by atoms with Crippen molar-refractivity contribution in [2.45, 2.75) is 44.4 Å². The Morgan fingerprint density at radius 1 is 1.21 bits per heavy atom. The minimum atomic E-state index is -1.13. The Morgan fingerprint density at radius 2 is 1.91 bits per heavy atom. The van der Waals surface area contributed by atoms with Gasteiger partial charge in [-0.2, -0.15) is 0 Å². The van der Waals surface area contributed by atoms with E-state index in [0.717, 1.165) is 18.4 Å². The van der Waals surface area contributed by atoms with E-state index in [1.165, 1.54) is 18.5 Å². The number of nitrogens with one attached hydrogen (secondary N) is 1. The smallest absolute Gasteiger partial charge is 0.275 e. The van der Waals surface area contributed by atoms with Gasteiger partial charge in [0.2, 0.25) is 5.91 Å². The minimum Gasteiger partial charge on any atom is -0.378 e. The van der Waals surface area contributed by atoms with Crippen LogP contribution in [0.2, 0.25) is 0 Å². The van der Waals surface area contributed by atoms with Crippen LogP contribution in [0.15, 0.2) is 30.6 Å². The monoisotopic (exact) mass is 455 g/mol. The van der Waals surface area contributed by atoms with E-state index in [0.29, 0.717) is 26.3 Å². The summed E-state index contributed by atoms with van der Waals surface area (Å²) in [6.07, 6.45) is 3.09. The lowest BCUT2D eigenvalue weighted by molar-refractivity contribution is -0.133. The van der Waals surface area contributed by atoms with Crippen LogP contribution >= 0.6 is 0 Å². The summed E-state index contributed by atoms with van der Waals surface area (Å²) >= 11 is 0. The fraction of sp³-hybridized carbons (Fsp3) is 0.478. The van der Waals surface area contributed by atoms with Crippen molar-refractivity contribution in [1.82, 2.24) is 24.7 Å². The van der Waals surface area contributed by atoms with E-state index in [-0.39, 0.29) is 54.1 Å². The second kappa shape index (κ2) is 8.26. The number of carbonyl (C=O) groups is 3. The first-order valence-corrected chi connectivity index (χ1v) is 11.2. The molecular weight excluding hydrogens is 429 g/mol. The number of amides is 3. The Morgan fingerprint density at radius 3 is 2.58 bits per heavy atom. The number of hydrogen-bond acceptors (Lipinski definition) is 5. The molecule has 3 aliphatic rings. The summed E-state index contributed by atoms with van der Waals surface area (Å²) in [7, 11) is 0. The highest BCUT2D eigenvalue weighted by atomic mass is 19.1. The lowest BCUT2D eigenvalue weighted by Crippen LogP contribution is -2.64. The molecule has 3 amide bonds. The summed E-state index contributed by atoms with van der Waals surface area (Å²) in [5.41, 5.74) is -0.00988. The Balaban J connectivity index is 1.40. The maximum absolute atomic E-state index is 13.6. The van der Waals surface area contributed by atoms with Crippen LogP contribution in [-0.2, 0) is 22.6 Å². The van der Waals surface area contributed by atoms with Gasteiger partial charge in [-0.25, -0.2) is 9.37 Å². The number of fused-ring (bicyclic) bond motifs is 1. The first kappa shape index (κ1) is 21.6. The highest BCUT2D eigenvalue weighted by Crippen LogP contribution is 2.39. The molecule has 2 fully saturated rings. The maximum atomic E-state index is 13.6. The number of hydrogen-bond donors (Lipinski definition) is 1. The average Bonchev–Trinajstić information content (AvgIpc) is 3.56. The van der Waals surface area contributed by atoms with E-state index < -0.39 is 5.54 Å². The van der Waals surface area contributed by atoms with Crippen LogP contribution in [0.4, 0.5) is 4.39 Å². The fourth-order valence-corrected chi connectivity index (χ4v) is 4.60. The van der Waals surface area contributed by atoms with E-state index in [9.17, 15) is 18.8 Å². The van der Waals surface area contributed by atoms with Crippen LogP contribution in [0.25, 0.3) is 0 Å². The molecule has 3 heterocycles. The summed E-state index contributed by atoms with van der Waals surface area (Å²) < 4.78 is 20.1. The molecule has 0 spiro atoms. The van der Waals surface area contributed by atoms with Gasteiger partial charge in [-0.3, -0.25) is 14.4 Å². The third-order valence-corrected chi connectivity index (χ3v) is 6.54. The van der Waals surface area contributed by atoms with Gasteiger partial charge in [0.25, 0.3) is 11.8 Å². The lowest BCUT2D eigenvalue weighted by atomic mass is 9.93. The summed E-state index contributed by atoms with van der Waals surface area (Å²) in [6, 6.07) is 5.86. The van der Waals surface area contributed by atoms with Crippen molar-refractivity contribution in [3.63, 3.8) is 0 Å². The van der Waals surface area contributed by atoms with Crippen molar-refractivity contribution in [2.24, 2.45) is 0 Å². The van der Waals surface area contributed by atoms with Gasteiger partial charge in [-0.1, -0.05) is 12.1 Å². The number of imidazole rings is 1. The van der Waals surface area contributed by atoms with Gasteiger partial charge in [0, 0.05) is 25.7 Å². The van der Waals surface area contributed by atoms with Gasteiger partial charge in [-0.15, -0.1) is 0 Å². The van der Waals surface area contributed by atoms with Crippen molar-refractivity contribution in [1.29, 1.82) is 0 Å². The Hall–Kier alpha value is -3.27. The number of aromatic nitrogens is 2. The van der Waals surface area contributed by atoms with Crippen molar-refractivity contribution in [2.75, 3.05) is 26.3 Å². The third-order valence-electron chi connectivity index (χ3n) is 6.54. The van der Waals surface area contributed by atoms with Gasteiger partial charge < -0.3 is 24.4 Å². The minimum absolute atomic E-state index is 0.0472. The SMILES string of the molecule is CC1(C(=O)NCc2ccc(F)cc2)Cn2cnc(C(=O)N3CCOCC3)c2C(=O)N1C1CC1. The summed E-state index contributed by atoms with van der Waals surface area (Å²) in [6.45, 7) is 3.98. The summed E-state index contributed by atoms with van der Waals surface area (Å²) in [5.74, 6) is -1.28. The van der Waals surface area contributed by atoms with Gasteiger partial charge >= 0.3 is 0 Å². The molecule has 1 saturated heterocycles. The Bertz CT molecular complexity index is 1090. The maximum Gasteiger partial charge on any atom is 0.275 e. The molecule has 2 aromatic rings. The number of benzene rings is 1. The molecule has 1 aromatic carbocycles. The number of rotatable bonds is 5. The predicted octanol–water partition coefficient (Wildman–Crippen LogP) is 1.19. The van der Waals surface area contributed by atoms with Crippen molar-refractivity contribution in [3.05, 3.63) is 53.4 Å². The summed E-state index contributed by atoms with van der Waals surface area (Å²) in [5, 5.41) is 2.90. The number of nitrogens with zero attached hydrogens (tertiary/aromatic N) is 4. The molecular formula is C23H26FN5O4. The molecule has 1 saturated carbocycles. The highest BCUT2D eigenvalue weighted by Gasteiger charge is 2.53. The molecule has 2 aliphatic heterocycles. The molecule has 5 rings (SSSR count). The van der Waals surface area contributed by atoms with Crippen LogP contribution in [-0.4, -0.2) is 75.0 Å². The zero-order valence-corrected chi connectivity index (χ0v) is 18.4. The van der Waals surface area contributed by atoms with Crippen molar-refractivity contribution < 1.29 is 23.5 Å². The molecule has 10 heteroatoms. The quantitative estimate of drug-likeness (QED) is 0.731. The molecule has 174 valence electrons. The Kier molecular flexibility index (Phi) is 5.40. The van der Waals surface area contributed by atoms with Crippen LogP contribution in [0.1, 0.15) is 46.3 Å². The molecule has 9 nitrogen and oxygen atoms in total. The van der Waals surface area contributed by atoms with E-state index in [2.05, 4.69) is 10.3 Å². The predicted molar refractivity (Wildman–Crippen MR) is 115 cm³/mol. The van der Waals surface area contributed by atoms with E-state index >= 15 is 0 Å². The normalized spacial score (nSPS) is 22.8. The van der Waals surface area contributed by atoms with Crippen molar-refractivity contribution >= 4 is 17.7 Å². The number of halogens is 1. The first-order chi connectivity index (χ1) is 15.9. The van der Waals surface area contributed by atoms with E-state index in [4.69, 9.17) is 4.74 Å². The van der Waals surface area contributed by atoms with E-state index in [1.807, 2.05) is 0 Å². The van der Waals surface area contributed by atoms with Gasteiger partial charge in [0.1, 0.15) is 17.1 Å². The number of ether oxygens (including phenoxy) is 1. The van der Waals surface area contributed by atoms with Crippen LogP contribution in [0, 0.1) is 5.82 Å². The number of morpholine rings is 1. The molecule has 1 unspecified atom stereocenters. The van der Waals surface area contributed by atoms with Gasteiger partial charge in [0.05, 0.1) is 26.1 Å². The molecule has 0 radical (unpaired) electrons. The largest absolute Gasteiger partial charge is 0.378 e. The summed E-state index contributed by atoms with van der Waals surface area (Å²) in [4.78, 5) is 47.6. The van der Waals surface area contributed by atoms with Crippen LogP contribution in [0.5, 0.6) is 0 Å². The average molecular weight is 455 g/mol. The van der Waals surface area contributed by atoms with Crippen molar-refractivity contribution in [3.8, 4) is 0 Å². The molecule has 1 aromatic heterocycles. The molecule has 1 N–H and O–H groups in total. The lowest BCUT2D eigenvalue weighted by Gasteiger charge is -2.44. The molecule has 1 atom stereocenters. The molecule has 0 bridgehead atoms. The second-order valence-electron chi connectivity index (χ2n) is 8.96. The van der Waals surface area contributed by atoms with Gasteiger partial charge in [0.15, 0.2) is 5.69 Å². The molecule has 1 aliphatic carbocycles. The second-order valence-corrected chi connectivity index (χ2v) is 8.96. The molecule has 33 heavy (non-hydrogen) atoms. The zero-order chi connectivity index (χ0) is 23.2. The van der Waals surface area contributed by atoms with E-state index in [1.54, 1.807) is 33.4 Å². The standard InChI is InChI=1S/C23H26FN5O4/c1-23(22(32)25-12-15-2-4-16(24)5-3-15)13-28-14-26-18(20(30)27-8-10-33-11-9-27)19(28)21(31)29(23)17-6-7-17/h2-5,14,17H,6-13H2,1H3,(H,25,32).